The molecule has 0 unspecified atom stereocenters. The smallest absolute Gasteiger partial charge is 0.274 e. The lowest BCUT2D eigenvalue weighted by atomic mass is 10.2. The first-order valence-electron chi connectivity index (χ1n) is 5.98. The van der Waals surface area contributed by atoms with Gasteiger partial charge in [-0.3, -0.25) is 10.0 Å². The number of aromatic nitrogens is 2. The molecule has 21 heavy (non-hydrogen) atoms. The minimum absolute atomic E-state index is 0.294. The summed E-state index contributed by atoms with van der Waals surface area (Å²) in [6.45, 7) is 0. The number of carbonyl (C=O) groups is 1. The first-order chi connectivity index (χ1) is 10.1. The zero-order chi connectivity index (χ0) is 15.0. The highest BCUT2D eigenvalue weighted by atomic mass is 79.9. The molecule has 0 aliphatic heterocycles. The monoisotopic (exact) mass is 349 g/mol. The van der Waals surface area contributed by atoms with Crippen LogP contribution in [-0.2, 0) is 0 Å². The minimum Gasteiger partial charge on any atom is -0.338 e. The van der Waals surface area contributed by atoms with Gasteiger partial charge in [0.2, 0.25) is 0 Å². The molecule has 0 saturated carbocycles. The number of aromatic amines is 1. The van der Waals surface area contributed by atoms with Gasteiger partial charge in [0.1, 0.15) is 11.6 Å². The normalized spacial score (nSPS) is 10.8. The van der Waals surface area contributed by atoms with E-state index in [1.807, 2.05) is 0 Å². The average Bonchev–Trinajstić information content (AvgIpc) is 2.92. The second kappa shape index (κ2) is 5.27. The van der Waals surface area contributed by atoms with E-state index >= 15 is 0 Å². The van der Waals surface area contributed by atoms with Crippen molar-refractivity contribution in [2.45, 2.75) is 0 Å². The van der Waals surface area contributed by atoms with Gasteiger partial charge in [-0.25, -0.2) is 14.9 Å². The summed E-state index contributed by atoms with van der Waals surface area (Å²) in [6.07, 6.45) is 0. The second-order valence-electron chi connectivity index (χ2n) is 4.39. The number of halogens is 2. The molecule has 0 radical (unpaired) electrons. The van der Waals surface area contributed by atoms with Crippen molar-refractivity contribution in [1.82, 2.24) is 15.4 Å². The van der Waals surface area contributed by atoms with Crippen LogP contribution in [0.4, 0.5) is 4.39 Å². The molecule has 0 aliphatic rings. The van der Waals surface area contributed by atoms with Crippen LogP contribution in [0, 0.1) is 5.82 Å². The molecule has 2 aromatic carbocycles. The van der Waals surface area contributed by atoms with E-state index in [0.717, 1.165) is 0 Å². The molecule has 0 spiro atoms. The summed E-state index contributed by atoms with van der Waals surface area (Å²) in [5.41, 5.74) is 3.72. The second-order valence-corrected chi connectivity index (χ2v) is 5.24. The Labute approximate surface area is 126 Å². The number of benzene rings is 2. The van der Waals surface area contributed by atoms with Crippen LogP contribution in [0.25, 0.3) is 22.4 Å². The quantitative estimate of drug-likeness (QED) is 0.490. The van der Waals surface area contributed by atoms with Gasteiger partial charge in [-0.1, -0.05) is 0 Å². The Kier molecular flexibility index (Phi) is 3.44. The van der Waals surface area contributed by atoms with E-state index in [-0.39, 0.29) is 5.82 Å². The van der Waals surface area contributed by atoms with Gasteiger partial charge in [-0.2, -0.15) is 0 Å². The molecule has 0 aliphatic carbocycles. The van der Waals surface area contributed by atoms with E-state index in [9.17, 15) is 9.18 Å². The van der Waals surface area contributed by atoms with Crippen LogP contribution in [0.15, 0.2) is 40.9 Å². The van der Waals surface area contributed by atoms with Gasteiger partial charge in [-0.15, -0.1) is 0 Å². The molecule has 0 fully saturated rings. The first kappa shape index (κ1) is 13.7. The summed E-state index contributed by atoms with van der Waals surface area (Å²) in [5, 5.41) is 8.63. The SMILES string of the molecule is O=C(NO)c1ccc2nc(-c3ccc(Br)c(F)c3)[nH]c2c1. The van der Waals surface area contributed by atoms with Crippen LogP contribution in [-0.4, -0.2) is 21.1 Å². The molecule has 0 saturated heterocycles. The molecule has 7 heteroatoms. The van der Waals surface area contributed by atoms with Gasteiger partial charge < -0.3 is 4.98 Å². The number of fused-ring (bicyclic) bond motifs is 1. The van der Waals surface area contributed by atoms with Crippen molar-refractivity contribution in [2.75, 3.05) is 0 Å². The zero-order valence-electron chi connectivity index (χ0n) is 10.5. The molecule has 3 rings (SSSR count). The Morgan fingerprint density at radius 2 is 2.10 bits per heavy atom. The van der Waals surface area contributed by atoms with E-state index in [1.54, 1.807) is 35.8 Å². The molecular formula is C14H9BrFN3O2. The fraction of sp³-hybridized carbons (Fsp3) is 0. The fourth-order valence-corrected chi connectivity index (χ4v) is 2.24. The summed E-state index contributed by atoms with van der Waals surface area (Å²) >= 11 is 3.10. The molecule has 1 heterocycles. The Hall–Kier alpha value is -2.25. The van der Waals surface area contributed by atoms with Crippen molar-refractivity contribution in [2.24, 2.45) is 0 Å². The van der Waals surface area contributed by atoms with Gasteiger partial charge in [0, 0.05) is 11.1 Å². The predicted octanol–water partition coefficient (Wildman–Crippen LogP) is 3.25. The van der Waals surface area contributed by atoms with Crippen molar-refractivity contribution >= 4 is 32.9 Å². The van der Waals surface area contributed by atoms with Crippen LogP contribution < -0.4 is 5.48 Å². The summed E-state index contributed by atoms with van der Waals surface area (Å²) in [4.78, 5) is 18.7. The lowest BCUT2D eigenvalue weighted by Crippen LogP contribution is -2.18. The molecule has 1 aromatic heterocycles. The number of H-pyrrole nitrogens is 1. The van der Waals surface area contributed by atoms with Gasteiger partial charge in [0.25, 0.3) is 5.91 Å². The number of nitrogens with zero attached hydrogens (tertiary/aromatic N) is 1. The van der Waals surface area contributed by atoms with Crippen molar-refractivity contribution in [3.63, 3.8) is 0 Å². The maximum Gasteiger partial charge on any atom is 0.274 e. The third kappa shape index (κ3) is 2.53. The number of amides is 1. The molecule has 0 atom stereocenters. The third-order valence-corrected chi connectivity index (χ3v) is 3.68. The minimum atomic E-state index is -0.609. The molecule has 3 N–H and O–H groups in total. The maximum absolute atomic E-state index is 13.6. The Morgan fingerprint density at radius 1 is 1.29 bits per heavy atom. The topological polar surface area (TPSA) is 78.0 Å². The number of hydrogen-bond donors (Lipinski definition) is 3. The van der Waals surface area contributed by atoms with Crippen LogP contribution in [0.3, 0.4) is 0 Å². The van der Waals surface area contributed by atoms with Crippen molar-refractivity contribution < 1.29 is 14.4 Å². The van der Waals surface area contributed by atoms with Crippen LogP contribution in [0.1, 0.15) is 10.4 Å². The summed E-state index contributed by atoms with van der Waals surface area (Å²) in [7, 11) is 0. The third-order valence-electron chi connectivity index (χ3n) is 3.04. The molecule has 106 valence electrons. The first-order valence-corrected chi connectivity index (χ1v) is 6.77. The van der Waals surface area contributed by atoms with E-state index in [0.29, 0.717) is 32.5 Å². The van der Waals surface area contributed by atoms with Crippen LogP contribution >= 0.6 is 15.9 Å². The fourth-order valence-electron chi connectivity index (χ4n) is 2.00. The number of hydrogen-bond acceptors (Lipinski definition) is 3. The molecular weight excluding hydrogens is 341 g/mol. The standard InChI is InChI=1S/C14H9BrFN3O2/c15-9-3-1-7(5-10(9)16)13-17-11-4-2-8(14(20)19-21)6-12(11)18-13/h1-6,21H,(H,17,18)(H,19,20). The summed E-state index contributed by atoms with van der Waals surface area (Å²) in [5.74, 6) is -0.492. The highest BCUT2D eigenvalue weighted by Crippen LogP contribution is 2.25. The number of rotatable bonds is 2. The number of imidazole rings is 1. The highest BCUT2D eigenvalue weighted by Gasteiger charge is 2.10. The molecule has 5 nitrogen and oxygen atoms in total. The van der Waals surface area contributed by atoms with Gasteiger partial charge in [0.15, 0.2) is 0 Å². The average molecular weight is 350 g/mol. The van der Waals surface area contributed by atoms with Crippen molar-refractivity contribution in [3.8, 4) is 11.4 Å². The number of nitrogens with one attached hydrogen (secondary N) is 2. The van der Waals surface area contributed by atoms with E-state index in [2.05, 4.69) is 25.9 Å². The maximum atomic E-state index is 13.6. The lowest BCUT2D eigenvalue weighted by Gasteiger charge is -1.98. The van der Waals surface area contributed by atoms with Crippen molar-refractivity contribution in [1.29, 1.82) is 0 Å². The van der Waals surface area contributed by atoms with Gasteiger partial charge >= 0.3 is 0 Å². The van der Waals surface area contributed by atoms with E-state index in [4.69, 9.17) is 5.21 Å². The largest absolute Gasteiger partial charge is 0.338 e. The number of carbonyl (C=O) groups excluding carboxylic acids is 1. The Bertz CT molecular complexity index is 847. The highest BCUT2D eigenvalue weighted by molar-refractivity contribution is 9.10. The lowest BCUT2D eigenvalue weighted by molar-refractivity contribution is 0.0706. The zero-order valence-corrected chi connectivity index (χ0v) is 12.1. The molecule has 3 aromatic rings. The van der Waals surface area contributed by atoms with Crippen molar-refractivity contribution in [3.05, 3.63) is 52.3 Å². The van der Waals surface area contributed by atoms with Gasteiger partial charge in [-0.05, 0) is 52.3 Å². The number of hydroxylamine groups is 1. The summed E-state index contributed by atoms with van der Waals surface area (Å²) < 4.78 is 13.9. The van der Waals surface area contributed by atoms with E-state index in [1.165, 1.54) is 6.07 Å². The predicted molar refractivity (Wildman–Crippen MR) is 78.4 cm³/mol. The van der Waals surface area contributed by atoms with Gasteiger partial charge in [0.05, 0.1) is 15.5 Å². The Balaban J connectivity index is 2.08. The van der Waals surface area contributed by atoms with Crippen LogP contribution in [0.5, 0.6) is 0 Å². The molecule has 0 bridgehead atoms. The van der Waals surface area contributed by atoms with Crippen LogP contribution in [0.2, 0.25) is 0 Å². The molecule has 1 amide bonds. The summed E-state index contributed by atoms with van der Waals surface area (Å²) in [6, 6.07) is 9.44. The Morgan fingerprint density at radius 3 is 2.81 bits per heavy atom. The van der Waals surface area contributed by atoms with E-state index < -0.39 is 5.91 Å².